The number of nitrogens with zero attached hydrogens (tertiary/aromatic N) is 2. The maximum atomic E-state index is 6.09. The molecule has 0 unspecified atom stereocenters. The van der Waals surface area contributed by atoms with E-state index >= 15 is 0 Å². The molecule has 3 rings (SSSR count). The molecule has 1 heterocycles. The molecule has 1 fully saturated rings. The molecule has 0 spiro atoms. The van der Waals surface area contributed by atoms with Gasteiger partial charge in [0, 0.05) is 18.4 Å². The second-order valence-corrected chi connectivity index (χ2v) is 5.47. The summed E-state index contributed by atoms with van der Waals surface area (Å²) in [7, 11) is 1.78. The number of aromatic nitrogens is 2. The van der Waals surface area contributed by atoms with E-state index in [1.807, 2.05) is 0 Å². The van der Waals surface area contributed by atoms with Crippen LogP contribution in [0.2, 0.25) is 0 Å². The van der Waals surface area contributed by atoms with Crippen molar-refractivity contribution >= 4 is 5.82 Å². The van der Waals surface area contributed by atoms with Gasteiger partial charge < -0.3 is 10.5 Å². The van der Waals surface area contributed by atoms with Crippen LogP contribution in [-0.4, -0.2) is 17.1 Å². The SMILES string of the molecule is COC1(c2nc(N)c3c(n2)CCC3)CCCCC1. The molecule has 98 valence electrons. The summed E-state index contributed by atoms with van der Waals surface area (Å²) in [5.41, 5.74) is 8.12. The van der Waals surface area contributed by atoms with Crippen LogP contribution in [0, 0.1) is 0 Å². The van der Waals surface area contributed by atoms with Crippen LogP contribution in [0.4, 0.5) is 5.82 Å². The summed E-state index contributed by atoms with van der Waals surface area (Å²) in [6, 6.07) is 0. The van der Waals surface area contributed by atoms with Crippen LogP contribution >= 0.6 is 0 Å². The Labute approximate surface area is 108 Å². The van der Waals surface area contributed by atoms with E-state index in [2.05, 4.69) is 4.98 Å². The van der Waals surface area contributed by atoms with Crippen LogP contribution in [0.5, 0.6) is 0 Å². The third-order valence-electron chi connectivity index (χ3n) is 4.42. The van der Waals surface area contributed by atoms with Gasteiger partial charge in [0.2, 0.25) is 0 Å². The maximum absolute atomic E-state index is 6.09. The molecule has 1 aromatic rings. The number of aryl methyl sites for hydroxylation is 1. The number of ether oxygens (including phenoxy) is 1. The van der Waals surface area contributed by atoms with Gasteiger partial charge in [0.05, 0.1) is 0 Å². The van der Waals surface area contributed by atoms with Gasteiger partial charge in [0.15, 0.2) is 5.82 Å². The van der Waals surface area contributed by atoms with Crippen LogP contribution in [-0.2, 0) is 23.2 Å². The minimum Gasteiger partial charge on any atom is -0.383 e. The van der Waals surface area contributed by atoms with Gasteiger partial charge >= 0.3 is 0 Å². The van der Waals surface area contributed by atoms with E-state index in [0.29, 0.717) is 5.82 Å². The molecule has 0 amide bonds. The molecule has 1 aromatic heterocycles. The molecule has 0 atom stereocenters. The van der Waals surface area contributed by atoms with Crippen molar-refractivity contribution in [3.63, 3.8) is 0 Å². The summed E-state index contributed by atoms with van der Waals surface area (Å²) >= 11 is 0. The van der Waals surface area contributed by atoms with Crippen molar-refractivity contribution in [2.75, 3.05) is 12.8 Å². The van der Waals surface area contributed by atoms with Crippen LogP contribution < -0.4 is 5.73 Å². The Morgan fingerprint density at radius 3 is 2.56 bits per heavy atom. The number of anilines is 1. The minimum atomic E-state index is -0.288. The summed E-state index contributed by atoms with van der Waals surface area (Å²) in [6.07, 6.45) is 8.91. The molecule has 0 aliphatic heterocycles. The van der Waals surface area contributed by atoms with Crippen LogP contribution in [0.1, 0.15) is 55.6 Å². The van der Waals surface area contributed by atoms with E-state index in [1.165, 1.54) is 24.8 Å². The summed E-state index contributed by atoms with van der Waals surface area (Å²) in [4.78, 5) is 9.32. The number of nitrogen functional groups attached to an aromatic ring is 1. The molecular weight excluding hydrogens is 226 g/mol. The van der Waals surface area contributed by atoms with Gasteiger partial charge in [-0.3, -0.25) is 0 Å². The predicted molar refractivity (Wildman–Crippen MR) is 70.2 cm³/mol. The Bertz CT molecular complexity index is 453. The first-order valence-electron chi connectivity index (χ1n) is 6.96. The standard InChI is InChI=1S/C14H21N3O/c1-18-14(8-3-2-4-9-14)13-16-11-7-5-6-10(11)12(15)17-13/h2-9H2,1H3,(H2,15,16,17). The molecule has 1 saturated carbocycles. The van der Waals surface area contributed by atoms with E-state index < -0.39 is 0 Å². The third kappa shape index (κ3) is 1.79. The zero-order chi connectivity index (χ0) is 12.6. The highest BCUT2D eigenvalue weighted by molar-refractivity contribution is 5.45. The predicted octanol–water partition coefficient (Wildman–Crippen LogP) is 2.35. The van der Waals surface area contributed by atoms with Crippen molar-refractivity contribution < 1.29 is 4.74 Å². The van der Waals surface area contributed by atoms with Crippen LogP contribution in [0.15, 0.2) is 0 Å². The van der Waals surface area contributed by atoms with Crippen molar-refractivity contribution in [2.45, 2.75) is 57.0 Å². The number of methoxy groups -OCH3 is 1. The molecule has 2 aliphatic rings. The second-order valence-electron chi connectivity index (χ2n) is 5.47. The molecule has 4 heteroatoms. The van der Waals surface area contributed by atoms with Crippen molar-refractivity contribution in [2.24, 2.45) is 0 Å². The van der Waals surface area contributed by atoms with E-state index in [9.17, 15) is 0 Å². The first-order chi connectivity index (χ1) is 8.75. The largest absolute Gasteiger partial charge is 0.383 e. The van der Waals surface area contributed by atoms with Gasteiger partial charge in [-0.15, -0.1) is 0 Å². The summed E-state index contributed by atoms with van der Waals surface area (Å²) in [6.45, 7) is 0. The summed E-state index contributed by atoms with van der Waals surface area (Å²) < 4.78 is 5.80. The number of fused-ring (bicyclic) bond motifs is 1. The fourth-order valence-corrected chi connectivity index (χ4v) is 3.31. The van der Waals surface area contributed by atoms with Gasteiger partial charge in [-0.1, -0.05) is 19.3 Å². The molecule has 0 aromatic carbocycles. The second kappa shape index (κ2) is 4.50. The molecule has 0 saturated heterocycles. The summed E-state index contributed by atoms with van der Waals surface area (Å²) in [5.74, 6) is 1.50. The van der Waals surface area contributed by atoms with Gasteiger partial charge in [-0.25, -0.2) is 9.97 Å². The highest BCUT2D eigenvalue weighted by Gasteiger charge is 2.38. The molecule has 2 aliphatic carbocycles. The lowest BCUT2D eigenvalue weighted by atomic mass is 9.84. The van der Waals surface area contributed by atoms with Crippen molar-refractivity contribution in [1.82, 2.24) is 9.97 Å². The molecule has 0 bridgehead atoms. The van der Waals surface area contributed by atoms with Gasteiger partial charge in [-0.05, 0) is 32.1 Å². The lowest BCUT2D eigenvalue weighted by molar-refractivity contribution is -0.0515. The Morgan fingerprint density at radius 1 is 1.06 bits per heavy atom. The fraction of sp³-hybridized carbons (Fsp3) is 0.714. The lowest BCUT2D eigenvalue weighted by Gasteiger charge is -2.34. The normalized spacial score (nSPS) is 21.8. The van der Waals surface area contributed by atoms with Crippen molar-refractivity contribution in [3.8, 4) is 0 Å². The third-order valence-corrected chi connectivity index (χ3v) is 4.42. The van der Waals surface area contributed by atoms with E-state index in [-0.39, 0.29) is 5.60 Å². The molecular formula is C14H21N3O. The average Bonchev–Trinajstić information content (AvgIpc) is 2.88. The van der Waals surface area contributed by atoms with Gasteiger partial charge in [0.25, 0.3) is 0 Å². The highest BCUT2D eigenvalue weighted by atomic mass is 16.5. The average molecular weight is 247 g/mol. The van der Waals surface area contributed by atoms with Crippen LogP contribution in [0.25, 0.3) is 0 Å². The number of nitrogens with two attached hydrogens (primary N) is 1. The zero-order valence-corrected chi connectivity index (χ0v) is 11.0. The molecule has 2 N–H and O–H groups in total. The van der Waals surface area contributed by atoms with E-state index in [0.717, 1.165) is 43.6 Å². The fourth-order valence-electron chi connectivity index (χ4n) is 3.31. The van der Waals surface area contributed by atoms with E-state index in [4.69, 9.17) is 15.5 Å². The van der Waals surface area contributed by atoms with Crippen molar-refractivity contribution in [3.05, 3.63) is 17.1 Å². The number of hydrogen-bond acceptors (Lipinski definition) is 4. The first kappa shape index (κ1) is 11.9. The number of hydrogen-bond donors (Lipinski definition) is 1. The topological polar surface area (TPSA) is 61.0 Å². The van der Waals surface area contributed by atoms with Gasteiger partial charge in [-0.2, -0.15) is 0 Å². The Balaban J connectivity index is 2.02. The Kier molecular flexibility index (Phi) is 2.98. The molecule has 4 nitrogen and oxygen atoms in total. The summed E-state index contributed by atoms with van der Waals surface area (Å²) in [5, 5.41) is 0. The van der Waals surface area contributed by atoms with Crippen LogP contribution in [0.3, 0.4) is 0 Å². The quantitative estimate of drug-likeness (QED) is 0.871. The zero-order valence-electron chi connectivity index (χ0n) is 11.0. The lowest BCUT2D eigenvalue weighted by Crippen LogP contribution is -2.34. The van der Waals surface area contributed by atoms with Gasteiger partial charge in [0.1, 0.15) is 11.4 Å². The highest BCUT2D eigenvalue weighted by Crippen LogP contribution is 2.39. The maximum Gasteiger partial charge on any atom is 0.162 e. The molecule has 18 heavy (non-hydrogen) atoms. The first-order valence-corrected chi connectivity index (χ1v) is 6.96. The van der Waals surface area contributed by atoms with E-state index in [1.54, 1.807) is 7.11 Å². The number of rotatable bonds is 2. The molecule has 0 radical (unpaired) electrons. The monoisotopic (exact) mass is 247 g/mol. The minimum absolute atomic E-state index is 0.288. The smallest absolute Gasteiger partial charge is 0.162 e. The Hall–Kier alpha value is -1.16. The Morgan fingerprint density at radius 2 is 1.83 bits per heavy atom. The van der Waals surface area contributed by atoms with Crippen molar-refractivity contribution in [1.29, 1.82) is 0 Å².